The number of hydrogen-bond donors (Lipinski definition) is 2. The van der Waals surface area contributed by atoms with Gasteiger partial charge >= 0.3 is 0 Å². The normalized spacial score (nSPS) is 9.70. The fourth-order valence-corrected chi connectivity index (χ4v) is 0.729. The van der Waals surface area contributed by atoms with Crippen molar-refractivity contribution in [2.45, 2.75) is 13.3 Å². The molecule has 0 fully saturated rings. The molecule has 4 N–H and O–H groups in total. The fraction of sp³-hybridized carbons (Fsp3) is 0.333. The van der Waals surface area contributed by atoms with Gasteiger partial charge in [-0.15, -0.1) is 0 Å². The van der Waals surface area contributed by atoms with Crippen LogP contribution in [0.3, 0.4) is 0 Å². The molecule has 0 aliphatic carbocycles. The lowest BCUT2D eigenvalue weighted by atomic mass is 10.3. The van der Waals surface area contributed by atoms with Crippen molar-refractivity contribution in [1.29, 1.82) is 0 Å². The molecular weight excluding hydrogens is 128 g/mol. The molecule has 0 radical (unpaired) electrons. The largest absolute Gasteiger partial charge is 0.394 e. The monoisotopic (exact) mass is 138 g/mol. The average molecular weight is 138 g/mol. The highest BCUT2D eigenvalue weighted by atomic mass is 14.9. The number of aromatic nitrogens is 2. The lowest BCUT2D eigenvalue weighted by molar-refractivity contribution is 1.01. The first-order chi connectivity index (χ1) is 4.75. The summed E-state index contributed by atoms with van der Waals surface area (Å²) in [7, 11) is 0. The quantitative estimate of drug-likeness (QED) is 0.581. The molecular formula is C6H10N4. The van der Waals surface area contributed by atoms with E-state index in [-0.39, 0.29) is 0 Å². The number of nitrogen functional groups attached to an aromatic ring is 2. The number of anilines is 2. The summed E-state index contributed by atoms with van der Waals surface area (Å²) >= 11 is 0. The minimum Gasteiger partial charge on any atom is -0.394 e. The van der Waals surface area contributed by atoms with Crippen molar-refractivity contribution in [3.05, 3.63) is 12.0 Å². The molecule has 0 aliphatic rings. The minimum absolute atomic E-state index is 0.367. The van der Waals surface area contributed by atoms with Crippen molar-refractivity contribution in [3.8, 4) is 0 Å². The van der Waals surface area contributed by atoms with Crippen molar-refractivity contribution in [3.63, 3.8) is 0 Å². The molecule has 1 rings (SSSR count). The van der Waals surface area contributed by atoms with Gasteiger partial charge in [-0.1, -0.05) is 6.92 Å². The van der Waals surface area contributed by atoms with E-state index in [0.717, 1.165) is 12.1 Å². The molecule has 0 amide bonds. The zero-order valence-electron chi connectivity index (χ0n) is 5.83. The van der Waals surface area contributed by atoms with Gasteiger partial charge in [-0.05, 0) is 6.42 Å². The summed E-state index contributed by atoms with van der Waals surface area (Å²) in [6.07, 6.45) is 2.21. The Labute approximate surface area is 59.3 Å². The van der Waals surface area contributed by atoms with E-state index < -0.39 is 0 Å². The Bertz CT molecular complexity index is 233. The molecule has 0 saturated carbocycles. The van der Waals surface area contributed by atoms with Crippen LogP contribution in [0.15, 0.2) is 6.33 Å². The molecule has 4 nitrogen and oxygen atoms in total. The van der Waals surface area contributed by atoms with Gasteiger partial charge in [0.2, 0.25) is 0 Å². The third-order valence-electron chi connectivity index (χ3n) is 1.33. The lowest BCUT2D eigenvalue weighted by Crippen LogP contribution is -2.03. The van der Waals surface area contributed by atoms with Crippen LogP contribution in [0.25, 0.3) is 0 Å². The number of nitrogens with two attached hydrogens (primary N) is 2. The maximum atomic E-state index is 5.54. The van der Waals surface area contributed by atoms with Crippen molar-refractivity contribution in [2.24, 2.45) is 0 Å². The van der Waals surface area contributed by atoms with Gasteiger partial charge < -0.3 is 11.5 Å². The summed E-state index contributed by atoms with van der Waals surface area (Å²) in [6.45, 7) is 1.97. The predicted octanol–water partition coefficient (Wildman–Crippen LogP) is 0.203. The standard InChI is InChI=1S/C6H10N4/c1-2-4-5(7)6(8)10-3-9-4/h3H,2,7H2,1H3,(H2,8,9,10). The van der Waals surface area contributed by atoms with Crippen molar-refractivity contribution >= 4 is 11.5 Å². The Kier molecular flexibility index (Phi) is 1.71. The van der Waals surface area contributed by atoms with Gasteiger partial charge in [-0.3, -0.25) is 0 Å². The van der Waals surface area contributed by atoms with E-state index in [9.17, 15) is 0 Å². The number of aryl methyl sites for hydroxylation is 1. The number of nitrogens with zero attached hydrogens (tertiary/aromatic N) is 2. The molecule has 0 spiro atoms. The smallest absolute Gasteiger partial charge is 0.150 e. The predicted molar refractivity (Wildman–Crippen MR) is 40.2 cm³/mol. The molecule has 0 bridgehead atoms. The molecule has 54 valence electrons. The second-order valence-electron chi connectivity index (χ2n) is 1.97. The van der Waals surface area contributed by atoms with Crippen LogP contribution in [0.1, 0.15) is 12.6 Å². The Morgan fingerprint density at radius 1 is 1.40 bits per heavy atom. The van der Waals surface area contributed by atoms with Crippen molar-refractivity contribution < 1.29 is 0 Å². The minimum atomic E-state index is 0.367. The van der Waals surface area contributed by atoms with Gasteiger partial charge in [0.05, 0.1) is 11.4 Å². The van der Waals surface area contributed by atoms with Gasteiger partial charge in [0.25, 0.3) is 0 Å². The number of hydrogen-bond acceptors (Lipinski definition) is 4. The van der Waals surface area contributed by atoms with Crippen LogP contribution < -0.4 is 11.5 Å². The van der Waals surface area contributed by atoms with E-state index in [0.29, 0.717) is 11.5 Å². The van der Waals surface area contributed by atoms with Crippen LogP contribution in [0.4, 0.5) is 11.5 Å². The van der Waals surface area contributed by atoms with E-state index in [1.165, 1.54) is 6.33 Å². The first-order valence-corrected chi connectivity index (χ1v) is 3.10. The first kappa shape index (κ1) is 6.80. The van der Waals surface area contributed by atoms with Crippen LogP contribution >= 0.6 is 0 Å². The van der Waals surface area contributed by atoms with E-state index in [1.807, 2.05) is 6.92 Å². The molecule has 1 heterocycles. The molecule has 0 atom stereocenters. The van der Waals surface area contributed by atoms with Gasteiger partial charge in [-0.2, -0.15) is 0 Å². The average Bonchev–Trinajstić information content (AvgIpc) is 1.95. The third kappa shape index (κ3) is 1.00. The van der Waals surface area contributed by atoms with Gasteiger partial charge in [0, 0.05) is 0 Å². The van der Waals surface area contributed by atoms with E-state index >= 15 is 0 Å². The molecule has 1 aromatic rings. The summed E-state index contributed by atoms with van der Waals surface area (Å²) < 4.78 is 0. The van der Waals surface area contributed by atoms with Crippen LogP contribution in [-0.4, -0.2) is 9.97 Å². The zero-order chi connectivity index (χ0) is 7.56. The van der Waals surface area contributed by atoms with E-state index in [2.05, 4.69) is 9.97 Å². The van der Waals surface area contributed by atoms with E-state index in [4.69, 9.17) is 11.5 Å². The summed E-state index contributed by atoms with van der Waals surface area (Å²) in [5.41, 5.74) is 12.3. The first-order valence-electron chi connectivity index (χ1n) is 3.10. The highest BCUT2D eigenvalue weighted by Crippen LogP contribution is 2.13. The van der Waals surface area contributed by atoms with Crippen LogP contribution in [0.2, 0.25) is 0 Å². The Morgan fingerprint density at radius 3 is 2.60 bits per heavy atom. The highest BCUT2D eigenvalue weighted by Gasteiger charge is 2.00. The fourth-order valence-electron chi connectivity index (χ4n) is 0.729. The maximum Gasteiger partial charge on any atom is 0.150 e. The molecule has 0 aromatic carbocycles. The van der Waals surface area contributed by atoms with Gasteiger partial charge in [0.1, 0.15) is 12.1 Å². The molecule has 0 aliphatic heterocycles. The number of rotatable bonds is 1. The summed E-state index contributed by atoms with van der Waals surface area (Å²) in [4.78, 5) is 7.67. The summed E-state index contributed by atoms with van der Waals surface area (Å²) in [6, 6.07) is 0. The summed E-state index contributed by atoms with van der Waals surface area (Å²) in [5.74, 6) is 0.367. The topological polar surface area (TPSA) is 77.8 Å². The SMILES string of the molecule is CCc1ncnc(N)c1N. The third-order valence-corrected chi connectivity index (χ3v) is 1.33. The van der Waals surface area contributed by atoms with E-state index in [1.54, 1.807) is 0 Å². The Morgan fingerprint density at radius 2 is 2.10 bits per heavy atom. The highest BCUT2D eigenvalue weighted by molar-refractivity contribution is 5.60. The van der Waals surface area contributed by atoms with Crippen LogP contribution in [0, 0.1) is 0 Å². The van der Waals surface area contributed by atoms with Crippen molar-refractivity contribution in [1.82, 2.24) is 9.97 Å². The van der Waals surface area contributed by atoms with Gasteiger partial charge in [-0.25, -0.2) is 9.97 Å². The van der Waals surface area contributed by atoms with Crippen LogP contribution in [0.5, 0.6) is 0 Å². The second-order valence-corrected chi connectivity index (χ2v) is 1.97. The lowest BCUT2D eigenvalue weighted by Gasteiger charge is -2.01. The zero-order valence-corrected chi connectivity index (χ0v) is 5.83. The molecule has 10 heavy (non-hydrogen) atoms. The maximum absolute atomic E-state index is 5.54. The molecule has 1 aromatic heterocycles. The second kappa shape index (κ2) is 2.51. The molecule has 0 saturated heterocycles. The Balaban J connectivity index is 3.14. The van der Waals surface area contributed by atoms with Crippen molar-refractivity contribution in [2.75, 3.05) is 11.5 Å². The summed E-state index contributed by atoms with van der Waals surface area (Å²) in [5, 5.41) is 0. The van der Waals surface area contributed by atoms with Gasteiger partial charge in [0.15, 0.2) is 0 Å². The molecule has 0 unspecified atom stereocenters. The molecule has 4 heteroatoms. The van der Waals surface area contributed by atoms with Crippen LogP contribution in [-0.2, 0) is 6.42 Å². The Hall–Kier alpha value is -1.32.